The lowest BCUT2D eigenvalue weighted by Gasteiger charge is -2.07. The van der Waals surface area contributed by atoms with Crippen LogP contribution in [0.2, 0.25) is 0 Å². The molecule has 0 unspecified atom stereocenters. The van der Waals surface area contributed by atoms with Gasteiger partial charge in [0.15, 0.2) is 5.65 Å². The fourth-order valence-corrected chi connectivity index (χ4v) is 3.81. The van der Waals surface area contributed by atoms with Gasteiger partial charge in [0.25, 0.3) is 0 Å². The Kier molecular flexibility index (Phi) is 5.15. The number of carbonyl (C=O) groups is 1. The van der Waals surface area contributed by atoms with Gasteiger partial charge in [-0.2, -0.15) is 5.10 Å². The second kappa shape index (κ2) is 8.26. The van der Waals surface area contributed by atoms with E-state index < -0.39 is 0 Å². The normalized spacial score (nSPS) is 11.3. The Bertz CT molecular complexity index is 1420. The van der Waals surface area contributed by atoms with Crippen LogP contribution >= 0.6 is 0 Å². The highest BCUT2D eigenvalue weighted by Crippen LogP contribution is 2.22. The van der Waals surface area contributed by atoms with Crippen LogP contribution in [0.25, 0.3) is 22.4 Å². The highest BCUT2D eigenvalue weighted by molar-refractivity contribution is 5.77. The van der Waals surface area contributed by atoms with Crippen LogP contribution in [0.15, 0.2) is 67.0 Å². The Morgan fingerprint density at radius 3 is 2.62 bits per heavy atom. The van der Waals surface area contributed by atoms with Crippen LogP contribution in [0, 0.1) is 13.8 Å². The van der Waals surface area contributed by atoms with E-state index >= 15 is 0 Å². The summed E-state index contributed by atoms with van der Waals surface area (Å²) in [7, 11) is 0. The number of nitrogens with zero attached hydrogens (tertiary/aromatic N) is 5. The number of aryl methyl sites for hydroxylation is 3. The molecular weight excluding hydrogens is 400 g/mol. The van der Waals surface area contributed by atoms with Crippen LogP contribution < -0.4 is 5.32 Å². The number of hydrogen-bond acceptors (Lipinski definition) is 4. The van der Waals surface area contributed by atoms with Crippen molar-refractivity contribution < 1.29 is 4.79 Å². The summed E-state index contributed by atoms with van der Waals surface area (Å²) in [6, 6.07) is 18.3. The Morgan fingerprint density at radius 1 is 0.969 bits per heavy atom. The molecule has 2 aromatic carbocycles. The number of rotatable bonds is 6. The summed E-state index contributed by atoms with van der Waals surface area (Å²) in [6.07, 6.45) is 4.65. The maximum atomic E-state index is 12.4. The van der Waals surface area contributed by atoms with Crippen molar-refractivity contribution in [1.29, 1.82) is 0 Å². The van der Waals surface area contributed by atoms with Crippen molar-refractivity contribution >= 4 is 17.1 Å². The lowest BCUT2D eigenvalue weighted by molar-refractivity contribution is -0.121. The SMILES string of the molecule is Cc1ccc(CNC(=O)CCc2nnc3c4cc(-c5ccccc5)nn4ccn23)cc1C. The fourth-order valence-electron chi connectivity index (χ4n) is 3.81. The zero-order valence-corrected chi connectivity index (χ0v) is 18.1. The highest BCUT2D eigenvalue weighted by Gasteiger charge is 2.13. The number of nitrogens with one attached hydrogen (secondary N) is 1. The van der Waals surface area contributed by atoms with Gasteiger partial charge in [0.1, 0.15) is 11.3 Å². The first-order valence-electron chi connectivity index (χ1n) is 10.7. The molecule has 32 heavy (non-hydrogen) atoms. The second-order valence-corrected chi connectivity index (χ2v) is 8.03. The van der Waals surface area contributed by atoms with E-state index in [9.17, 15) is 4.79 Å². The van der Waals surface area contributed by atoms with Crippen LogP contribution in [0.5, 0.6) is 0 Å². The molecule has 1 amide bonds. The summed E-state index contributed by atoms with van der Waals surface area (Å²) in [5.74, 6) is 0.753. The number of carbonyl (C=O) groups excluding carboxylic acids is 1. The molecule has 0 saturated heterocycles. The van der Waals surface area contributed by atoms with Crippen molar-refractivity contribution in [3.63, 3.8) is 0 Å². The molecule has 3 heterocycles. The van der Waals surface area contributed by atoms with Gasteiger partial charge in [0.05, 0.1) is 5.69 Å². The van der Waals surface area contributed by atoms with Crippen molar-refractivity contribution in [3.05, 3.63) is 89.5 Å². The zero-order valence-electron chi connectivity index (χ0n) is 18.1. The van der Waals surface area contributed by atoms with Crippen molar-refractivity contribution in [2.75, 3.05) is 0 Å². The van der Waals surface area contributed by atoms with Gasteiger partial charge < -0.3 is 5.32 Å². The summed E-state index contributed by atoms with van der Waals surface area (Å²) >= 11 is 0. The Balaban J connectivity index is 1.29. The molecule has 0 radical (unpaired) electrons. The van der Waals surface area contributed by atoms with Crippen molar-refractivity contribution in [2.24, 2.45) is 0 Å². The predicted octanol–water partition coefficient (Wildman–Crippen LogP) is 3.91. The number of fused-ring (bicyclic) bond motifs is 3. The molecule has 7 heteroatoms. The van der Waals surface area contributed by atoms with Gasteiger partial charge in [-0.05, 0) is 36.6 Å². The van der Waals surface area contributed by atoms with E-state index in [1.165, 1.54) is 11.1 Å². The molecule has 5 aromatic rings. The molecule has 3 aromatic heterocycles. The summed E-state index contributed by atoms with van der Waals surface area (Å²) in [4.78, 5) is 12.4. The van der Waals surface area contributed by atoms with Crippen LogP contribution in [0.1, 0.15) is 28.9 Å². The van der Waals surface area contributed by atoms with Crippen molar-refractivity contribution in [2.45, 2.75) is 33.2 Å². The van der Waals surface area contributed by atoms with E-state index in [0.29, 0.717) is 19.4 Å². The third-order valence-corrected chi connectivity index (χ3v) is 5.79. The minimum atomic E-state index is -0.00299. The van der Waals surface area contributed by atoms with Crippen LogP contribution in [-0.2, 0) is 17.8 Å². The van der Waals surface area contributed by atoms with Gasteiger partial charge >= 0.3 is 0 Å². The molecule has 0 aliphatic carbocycles. The molecule has 7 nitrogen and oxygen atoms in total. The fraction of sp³-hybridized carbons (Fsp3) is 0.200. The minimum absolute atomic E-state index is 0.00299. The maximum Gasteiger partial charge on any atom is 0.220 e. The minimum Gasteiger partial charge on any atom is -0.352 e. The molecule has 0 bridgehead atoms. The third-order valence-electron chi connectivity index (χ3n) is 5.79. The highest BCUT2D eigenvalue weighted by atomic mass is 16.1. The lowest BCUT2D eigenvalue weighted by atomic mass is 10.1. The van der Waals surface area contributed by atoms with Crippen LogP contribution in [0.3, 0.4) is 0 Å². The summed E-state index contributed by atoms with van der Waals surface area (Å²) in [5.41, 5.74) is 7.13. The van der Waals surface area contributed by atoms with E-state index in [0.717, 1.165) is 33.8 Å². The predicted molar refractivity (Wildman–Crippen MR) is 123 cm³/mol. The molecular formula is C25H24N6O. The quantitative estimate of drug-likeness (QED) is 0.448. The number of benzene rings is 2. The molecule has 0 spiro atoms. The van der Waals surface area contributed by atoms with E-state index in [4.69, 9.17) is 0 Å². The Morgan fingerprint density at radius 2 is 1.81 bits per heavy atom. The topological polar surface area (TPSA) is 76.6 Å². The average molecular weight is 425 g/mol. The van der Waals surface area contributed by atoms with E-state index in [1.807, 2.05) is 57.7 Å². The monoisotopic (exact) mass is 424 g/mol. The first kappa shape index (κ1) is 19.9. The van der Waals surface area contributed by atoms with Gasteiger partial charge in [0, 0.05) is 37.3 Å². The molecule has 0 fully saturated rings. The molecule has 0 saturated carbocycles. The number of amides is 1. The smallest absolute Gasteiger partial charge is 0.220 e. The third kappa shape index (κ3) is 3.85. The first-order valence-corrected chi connectivity index (χ1v) is 10.7. The Hall–Kier alpha value is -4.00. The average Bonchev–Trinajstić information content (AvgIpc) is 3.43. The van der Waals surface area contributed by atoms with Gasteiger partial charge in [-0.1, -0.05) is 48.5 Å². The van der Waals surface area contributed by atoms with E-state index in [1.54, 1.807) is 0 Å². The molecule has 0 aliphatic heterocycles. The molecule has 0 atom stereocenters. The van der Waals surface area contributed by atoms with Gasteiger partial charge in [-0.25, -0.2) is 4.52 Å². The standard InChI is InChI=1S/C25H24N6O/c1-17-8-9-19(14-18(17)2)16-26-24(32)11-10-23-27-28-25-22-15-21(20-6-4-3-5-7-20)29-31(22)13-12-30(23)25/h3-9,12-15H,10-11,16H2,1-2H3,(H,26,32). The number of hydrogen-bond donors (Lipinski definition) is 1. The lowest BCUT2D eigenvalue weighted by Crippen LogP contribution is -2.23. The summed E-state index contributed by atoms with van der Waals surface area (Å²) in [6.45, 7) is 4.69. The molecule has 0 aliphatic rings. The summed E-state index contributed by atoms with van der Waals surface area (Å²) < 4.78 is 3.74. The second-order valence-electron chi connectivity index (χ2n) is 8.03. The maximum absolute atomic E-state index is 12.4. The van der Waals surface area contributed by atoms with Gasteiger partial charge in [-0.15, -0.1) is 10.2 Å². The van der Waals surface area contributed by atoms with Gasteiger partial charge in [-0.3, -0.25) is 9.20 Å². The van der Waals surface area contributed by atoms with Crippen LogP contribution in [-0.4, -0.2) is 30.1 Å². The zero-order chi connectivity index (χ0) is 22.1. The number of aromatic nitrogens is 5. The summed E-state index contributed by atoms with van der Waals surface area (Å²) in [5, 5.41) is 16.3. The van der Waals surface area contributed by atoms with E-state index in [-0.39, 0.29) is 5.91 Å². The first-order chi connectivity index (χ1) is 15.6. The Labute approximate surface area is 185 Å². The van der Waals surface area contributed by atoms with E-state index in [2.05, 4.69) is 52.7 Å². The molecule has 160 valence electrons. The van der Waals surface area contributed by atoms with Crippen molar-refractivity contribution in [3.8, 4) is 11.3 Å². The van der Waals surface area contributed by atoms with Crippen molar-refractivity contribution in [1.82, 2.24) is 29.5 Å². The van der Waals surface area contributed by atoms with Gasteiger partial charge in [0.2, 0.25) is 5.91 Å². The molecule has 1 N–H and O–H groups in total. The van der Waals surface area contributed by atoms with Crippen LogP contribution in [0.4, 0.5) is 0 Å². The molecule has 5 rings (SSSR count). The largest absolute Gasteiger partial charge is 0.352 e.